The van der Waals surface area contributed by atoms with Crippen molar-refractivity contribution in [2.75, 3.05) is 0 Å². The van der Waals surface area contributed by atoms with Gasteiger partial charge in [0.1, 0.15) is 0 Å². The zero-order valence-electron chi connectivity index (χ0n) is 29.8. The zero-order chi connectivity index (χ0) is 35.8. The summed E-state index contributed by atoms with van der Waals surface area (Å²) in [5, 5.41) is 10.1. The molecule has 10 aromatic carbocycles. The van der Waals surface area contributed by atoms with Crippen LogP contribution in [0.5, 0.6) is 0 Å². The second-order valence-corrected chi connectivity index (χ2v) is 14.0. The Morgan fingerprint density at radius 2 is 0.481 bits per heavy atom. The molecule has 10 aromatic rings. The van der Waals surface area contributed by atoms with Crippen molar-refractivity contribution in [3.05, 3.63) is 241 Å². The molecule has 0 aliphatic rings. The van der Waals surface area contributed by atoms with Crippen molar-refractivity contribution in [1.82, 2.24) is 0 Å². The molecule has 0 heterocycles. The number of hydrogen-bond acceptors (Lipinski definition) is 0. The van der Waals surface area contributed by atoms with Gasteiger partial charge in [-0.05, 0) is 111 Å². The standard InChI is InChI=1S/C54H36/c1-3-15-37(16-4-1)51(39-27-31-41(32-28-39)53-47-23-11-7-19-43(47)35-44-20-8-12-24-48(44)53)52(38-17-5-2-6-18-38)40-29-33-42(34-30-40)54-49-25-13-9-21-45(49)36-46-22-10-14-26-50(46)54/h1-36H/b52-51+. The highest BCUT2D eigenvalue weighted by atomic mass is 14.2. The second-order valence-electron chi connectivity index (χ2n) is 14.0. The number of fused-ring (bicyclic) bond motifs is 4. The first-order valence-corrected chi connectivity index (χ1v) is 18.7. The molecule has 0 unspecified atom stereocenters. The Morgan fingerprint density at radius 1 is 0.222 bits per heavy atom. The number of hydrogen-bond donors (Lipinski definition) is 0. The summed E-state index contributed by atoms with van der Waals surface area (Å²) in [6.45, 7) is 0. The summed E-state index contributed by atoms with van der Waals surface area (Å²) in [6.07, 6.45) is 0. The summed E-state index contributed by atoms with van der Waals surface area (Å²) >= 11 is 0. The molecule has 0 saturated carbocycles. The first kappa shape index (κ1) is 31.7. The zero-order valence-corrected chi connectivity index (χ0v) is 29.8. The van der Waals surface area contributed by atoms with Crippen LogP contribution < -0.4 is 0 Å². The average molecular weight is 685 g/mol. The van der Waals surface area contributed by atoms with Crippen molar-refractivity contribution >= 4 is 54.2 Å². The lowest BCUT2D eigenvalue weighted by molar-refractivity contribution is 1.50. The highest BCUT2D eigenvalue weighted by molar-refractivity contribution is 6.14. The maximum Gasteiger partial charge on any atom is -0.00268 e. The Bertz CT molecular complexity index is 2670. The van der Waals surface area contributed by atoms with Gasteiger partial charge in [-0.15, -0.1) is 0 Å². The van der Waals surface area contributed by atoms with Crippen molar-refractivity contribution in [3.63, 3.8) is 0 Å². The maximum atomic E-state index is 2.31. The fraction of sp³-hybridized carbons (Fsp3) is 0. The molecule has 0 N–H and O–H groups in total. The molecule has 252 valence electrons. The Hall–Kier alpha value is -7.02. The molecule has 0 aliphatic heterocycles. The predicted octanol–water partition coefficient (Wildman–Crippen LogP) is 14.6. The Morgan fingerprint density at radius 3 is 0.796 bits per heavy atom. The van der Waals surface area contributed by atoms with Gasteiger partial charge in [-0.1, -0.05) is 206 Å². The quantitative estimate of drug-likeness (QED) is 0.121. The van der Waals surface area contributed by atoms with Gasteiger partial charge in [0.2, 0.25) is 0 Å². The van der Waals surface area contributed by atoms with Crippen molar-refractivity contribution in [3.8, 4) is 22.3 Å². The van der Waals surface area contributed by atoms with Crippen LogP contribution in [0.1, 0.15) is 22.3 Å². The van der Waals surface area contributed by atoms with Gasteiger partial charge < -0.3 is 0 Å². The van der Waals surface area contributed by atoms with Crippen LogP contribution >= 0.6 is 0 Å². The summed E-state index contributed by atoms with van der Waals surface area (Å²) in [5.74, 6) is 0. The van der Waals surface area contributed by atoms with Crippen molar-refractivity contribution in [2.45, 2.75) is 0 Å². The smallest absolute Gasteiger partial charge is 0.00268 e. The molecule has 0 heteroatoms. The van der Waals surface area contributed by atoms with E-state index in [4.69, 9.17) is 0 Å². The van der Waals surface area contributed by atoms with Crippen LogP contribution in [0.3, 0.4) is 0 Å². The van der Waals surface area contributed by atoms with E-state index in [-0.39, 0.29) is 0 Å². The minimum absolute atomic E-state index is 1.18. The molecule has 0 amide bonds. The third kappa shape index (κ3) is 5.57. The normalized spacial score (nSPS) is 12.0. The van der Waals surface area contributed by atoms with Crippen LogP contribution in [-0.2, 0) is 0 Å². The molecule has 0 saturated heterocycles. The first-order valence-electron chi connectivity index (χ1n) is 18.7. The summed E-state index contributed by atoms with van der Waals surface area (Å²) in [5.41, 5.74) is 12.1. The average Bonchev–Trinajstić information content (AvgIpc) is 3.24. The predicted molar refractivity (Wildman–Crippen MR) is 232 cm³/mol. The molecule has 0 spiro atoms. The second kappa shape index (κ2) is 13.5. The van der Waals surface area contributed by atoms with E-state index >= 15 is 0 Å². The number of rotatable bonds is 6. The van der Waals surface area contributed by atoms with Gasteiger partial charge in [-0.2, -0.15) is 0 Å². The van der Waals surface area contributed by atoms with Gasteiger partial charge in [-0.3, -0.25) is 0 Å². The maximum absolute atomic E-state index is 2.31. The molecular weight excluding hydrogens is 649 g/mol. The van der Waals surface area contributed by atoms with Crippen molar-refractivity contribution < 1.29 is 0 Å². The van der Waals surface area contributed by atoms with E-state index in [2.05, 4.69) is 218 Å². The van der Waals surface area contributed by atoms with E-state index in [0.717, 1.165) is 0 Å². The molecule has 0 nitrogen and oxygen atoms in total. The Balaban J connectivity index is 1.18. The minimum Gasteiger partial charge on any atom is -0.0622 e. The molecule has 0 atom stereocenters. The third-order valence-electron chi connectivity index (χ3n) is 10.8. The van der Waals surface area contributed by atoms with Crippen LogP contribution in [0.2, 0.25) is 0 Å². The molecule has 0 aliphatic carbocycles. The summed E-state index contributed by atoms with van der Waals surface area (Å²) in [7, 11) is 0. The first-order chi connectivity index (χ1) is 26.8. The lowest BCUT2D eigenvalue weighted by Gasteiger charge is -2.19. The van der Waals surface area contributed by atoms with Crippen LogP contribution in [0.15, 0.2) is 218 Å². The Kier molecular flexibility index (Phi) is 7.93. The summed E-state index contributed by atoms with van der Waals surface area (Å²) in [4.78, 5) is 0. The molecule has 0 bridgehead atoms. The topological polar surface area (TPSA) is 0 Å². The van der Waals surface area contributed by atoms with E-state index in [0.29, 0.717) is 0 Å². The third-order valence-corrected chi connectivity index (χ3v) is 10.8. The molecule has 10 rings (SSSR count). The molecule has 0 aromatic heterocycles. The van der Waals surface area contributed by atoms with Crippen molar-refractivity contribution in [2.24, 2.45) is 0 Å². The van der Waals surface area contributed by atoms with Crippen molar-refractivity contribution in [1.29, 1.82) is 0 Å². The largest absolute Gasteiger partial charge is 0.0622 e. The fourth-order valence-electron chi connectivity index (χ4n) is 8.38. The summed E-state index contributed by atoms with van der Waals surface area (Å²) in [6, 6.07) is 79.8. The molecule has 0 radical (unpaired) electrons. The van der Waals surface area contributed by atoms with E-state index < -0.39 is 0 Å². The van der Waals surface area contributed by atoms with Gasteiger partial charge in [0.25, 0.3) is 0 Å². The Labute approximate surface area is 315 Å². The van der Waals surface area contributed by atoms with E-state index in [1.807, 2.05) is 0 Å². The van der Waals surface area contributed by atoms with Gasteiger partial charge in [0, 0.05) is 0 Å². The molecular formula is C54H36. The lowest BCUT2D eigenvalue weighted by Crippen LogP contribution is -1.98. The van der Waals surface area contributed by atoms with E-state index in [9.17, 15) is 0 Å². The monoisotopic (exact) mass is 684 g/mol. The summed E-state index contributed by atoms with van der Waals surface area (Å²) < 4.78 is 0. The van der Waals surface area contributed by atoms with Gasteiger partial charge in [0.05, 0.1) is 0 Å². The lowest BCUT2D eigenvalue weighted by atomic mass is 9.84. The highest BCUT2D eigenvalue weighted by Crippen LogP contribution is 2.42. The highest BCUT2D eigenvalue weighted by Gasteiger charge is 2.18. The molecule has 0 fully saturated rings. The van der Waals surface area contributed by atoms with Crippen LogP contribution in [0.25, 0.3) is 76.5 Å². The van der Waals surface area contributed by atoms with Crippen LogP contribution in [0, 0.1) is 0 Å². The SMILES string of the molecule is c1ccc(/C(=C(/c2ccccc2)c2ccc(-c3c4ccccc4cc4ccccc34)cc2)c2ccc(-c3c4ccccc4cc4ccccc34)cc2)cc1. The van der Waals surface area contributed by atoms with E-state index in [1.54, 1.807) is 0 Å². The van der Waals surface area contributed by atoms with Gasteiger partial charge in [0.15, 0.2) is 0 Å². The van der Waals surface area contributed by atoms with Crippen LogP contribution in [0.4, 0.5) is 0 Å². The van der Waals surface area contributed by atoms with Gasteiger partial charge >= 0.3 is 0 Å². The van der Waals surface area contributed by atoms with E-state index in [1.165, 1.54) is 98.7 Å². The minimum atomic E-state index is 1.18. The van der Waals surface area contributed by atoms with Crippen LogP contribution in [-0.4, -0.2) is 0 Å². The molecule has 54 heavy (non-hydrogen) atoms. The van der Waals surface area contributed by atoms with Gasteiger partial charge in [-0.25, -0.2) is 0 Å². The number of benzene rings is 10. The fourth-order valence-corrected chi connectivity index (χ4v) is 8.38.